The molecule has 0 bridgehead atoms. The van der Waals surface area contributed by atoms with Gasteiger partial charge in [0.15, 0.2) is 0 Å². The van der Waals surface area contributed by atoms with Crippen LogP contribution in [-0.2, 0) is 0 Å². The van der Waals surface area contributed by atoms with Crippen molar-refractivity contribution in [2.45, 2.75) is 84.2 Å². The summed E-state index contributed by atoms with van der Waals surface area (Å²) < 4.78 is 0. The Morgan fingerprint density at radius 1 is 1.05 bits per heavy atom. The second-order valence-corrected chi connectivity index (χ2v) is 7.55. The Labute approximate surface area is 126 Å². The number of piperidine rings is 1. The van der Waals surface area contributed by atoms with E-state index in [1.165, 1.54) is 71.0 Å². The molecule has 1 N–H and O–H groups in total. The molecule has 1 aliphatic carbocycles. The van der Waals surface area contributed by atoms with Crippen LogP contribution in [0.1, 0.15) is 72.1 Å². The molecule has 0 aromatic rings. The molecule has 1 heterocycles. The van der Waals surface area contributed by atoms with Crippen LogP contribution in [0.5, 0.6) is 0 Å². The second kappa shape index (κ2) is 8.38. The molecule has 0 amide bonds. The van der Waals surface area contributed by atoms with Gasteiger partial charge in [-0.1, -0.05) is 32.6 Å². The molecule has 0 spiro atoms. The number of nitrogens with zero attached hydrogens (tertiary/aromatic N) is 1. The van der Waals surface area contributed by atoms with Gasteiger partial charge in [0.25, 0.3) is 0 Å². The zero-order chi connectivity index (χ0) is 14.4. The summed E-state index contributed by atoms with van der Waals surface area (Å²) >= 11 is 0. The summed E-state index contributed by atoms with van der Waals surface area (Å²) in [6, 6.07) is 1.44. The summed E-state index contributed by atoms with van der Waals surface area (Å²) in [5.41, 5.74) is 0. The highest BCUT2D eigenvalue weighted by Gasteiger charge is 2.28. The molecule has 2 rings (SSSR count). The first-order valence-corrected chi connectivity index (χ1v) is 9.16. The van der Waals surface area contributed by atoms with Gasteiger partial charge in [-0.05, 0) is 57.9 Å². The topological polar surface area (TPSA) is 15.3 Å². The summed E-state index contributed by atoms with van der Waals surface area (Å²) in [5.74, 6) is 1.88. The summed E-state index contributed by atoms with van der Waals surface area (Å²) in [4.78, 5) is 2.70. The molecule has 118 valence electrons. The van der Waals surface area contributed by atoms with Gasteiger partial charge in [-0.2, -0.15) is 0 Å². The van der Waals surface area contributed by atoms with Crippen molar-refractivity contribution in [3.05, 3.63) is 0 Å². The second-order valence-electron chi connectivity index (χ2n) is 7.55. The van der Waals surface area contributed by atoms with Crippen LogP contribution in [0, 0.1) is 11.8 Å². The van der Waals surface area contributed by atoms with E-state index in [0.717, 1.165) is 17.9 Å². The van der Waals surface area contributed by atoms with E-state index in [2.05, 4.69) is 31.0 Å². The first-order valence-electron chi connectivity index (χ1n) is 9.16. The lowest BCUT2D eigenvalue weighted by Gasteiger charge is -2.41. The lowest BCUT2D eigenvalue weighted by atomic mass is 9.87. The average molecular weight is 280 g/mol. The SMILES string of the molecule is CCCC1CC(NCC2CCCCC2)CN(C(C)C)C1. The fourth-order valence-electron chi connectivity index (χ4n) is 4.15. The molecule has 0 aromatic carbocycles. The van der Waals surface area contributed by atoms with Crippen molar-refractivity contribution < 1.29 is 0 Å². The Bertz CT molecular complexity index is 258. The van der Waals surface area contributed by atoms with E-state index >= 15 is 0 Å². The highest BCUT2D eigenvalue weighted by atomic mass is 15.2. The molecule has 2 aliphatic rings. The van der Waals surface area contributed by atoms with E-state index < -0.39 is 0 Å². The highest BCUT2D eigenvalue weighted by molar-refractivity contribution is 4.85. The minimum atomic E-state index is 0.702. The number of likely N-dealkylation sites (tertiary alicyclic amines) is 1. The van der Waals surface area contributed by atoms with Gasteiger partial charge < -0.3 is 5.32 Å². The summed E-state index contributed by atoms with van der Waals surface area (Å²) in [5, 5.41) is 3.92. The molecule has 1 saturated heterocycles. The summed E-state index contributed by atoms with van der Waals surface area (Å²) in [6.45, 7) is 10.9. The molecule has 1 saturated carbocycles. The molecule has 2 unspecified atom stereocenters. The molecule has 1 aliphatic heterocycles. The maximum Gasteiger partial charge on any atom is 0.0198 e. The van der Waals surface area contributed by atoms with E-state index in [1.807, 2.05) is 0 Å². The minimum Gasteiger partial charge on any atom is -0.312 e. The van der Waals surface area contributed by atoms with Gasteiger partial charge in [0, 0.05) is 25.2 Å². The smallest absolute Gasteiger partial charge is 0.0198 e. The zero-order valence-electron chi connectivity index (χ0n) is 14.0. The minimum absolute atomic E-state index is 0.702. The lowest BCUT2D eigenvalue weighted by molar-refractivity contribution is 0.104. The van der Waals surface area contributed by atoms with Crippen molar-refractivity contribution >= 4 is 0 Å². The zero-order valence-corrected chi connectivity index (χ0v) is 14.0. The number of hydrogen-bond donors (Lipinski definition) is 1. The van der Waals surface area contributed by atoms with Crippen LogP contribution in [0.2, 0.25) is 0 Å². The Morgan fingerprint density at radius 2 is 1.80 bits per heavy atom. The average Bonchev–Trinajstić information content (AvgIpc) is 2.46. The van der Waals surface area contributed by atoms with Crippen LogP contribution in [0.15, 0.2) is 0 Å². The predicted molar refractivity (Wildman–Crippen MR) is 88.1 cm³/mol. The van der Waals surface area contributed by atoms with Gasteiger partial charge in [0.2, 0.25) is 0 Å². The summed E-state index contributed by atoms with van der Waals surface area (Å²) in [7, 11) is 0. The molecule has 0 radical (unpaired) electrons. The monoisotopic (exact) mass is 280 g/mol. The van der Waals surface area contributed by atoms with Gasteiger partial charge in [-0.15, -0.1) is 0 Å². The fraction of sp³-hybridized carbons (Fsp3) is 1.00. The third kappa shape index (κ3) is 5.04. The Kier molecular flexibility index (Phi) is 6.83. The van der Waals surface area contributed by atoms with Crippen LogP contribution < -0.4 is 5.32 Å². The molecule has 2 atom stereocenters. The van der Waals surface area contributed by atoms with E-state index in [1.54, 1.807) is 0 Å². The fourth-order valence-corrected chi connectivity index (χ4v) is 4.15. The van der Waals surface area contributed by atoms with Gasteiger partial charge in [0.05, 0.1) is 0 Å². The highest BCUT2D eigenvalue weighted by Crippen LogP contribution is 2.25. The lowest BCUT2D eigenvalue weighted by Crippen LogP contribution is -2.52. The van der Waals surface area contributed by atoms with Gasteiger partial charge >= 0.3 is 0 Å². The van der Waals surface area contributed by atoms with Crippen molar-refractivity contribution in [3.63, 3.8) is 0 Å². The van der Waals surface area contributed by atoms with Gasteiger partial charge in [-0.3, -0.25) is 4.90 Å². The van der Waals surface area contributed by atoms with Crippen molar-refractivity contribution in [1.29, 1.82) is 0 Å². The van der Waals surface area contributed by atoms with E-state index in [0.29, 0.717) is 6.04 Å². The first kappa shape index (κ1) is 16.3. The first-order chi connectivity index (χ1) is 9.69. The molecular weight excluding hydrogens is 244 g/mol. The standard InChI is InChI=1S/C18H36N2/c1-4-8-17-11-18(14-20(13-17)15(2)3)19-12-16-9-6-5-7-10-16/h15-19H,4-14H2,1-3H3. The van der Waals surface area contributed by atoms with Crippen LogP contribution in [0.25, 0.3) is 0 Å². The molecule has 2 nitrogen and oxygen atoms in total. The van der Waals surface area contributed by atoms with Crippen molar-refractivity contribution in [2.24, 2.45) is 11.8 Å². The van der Waals surface area contributed by atoms with Gasteiger partial charge in [-0.25, -0.2) is 0 Å². The van der Waals surface area contributed by atoms with Crippen LogP contribution in [0.3, 0.4) is 0 Å². The largest absolute Gasteiger partial charge is 0.312 e. The molecule has 0 aromatic heterocycles. The van der Waals surface area contributed by atoms with E-state index in [4.69, 9.17) is 0 Å². The Morgan fingerprint density at radius 3 is 2.45 bits per heavy atom. The third-order valence-corrected chi connectivity index (χ3v) is 5.41. The van der Waals surface area contributed by atoms with Gasteiger partial charge in [0.1, 0.15) is 0 Å². The summed E-state index contributed by atoms with van der Waals surface area (Å²) in [6.07, 6.45) is 11.5. The predicted octanol–water partition coefficient (Wildman–Crippen LogP) is 4.06. The Hall–Kier alpha value is -0.0800. The quantitative estimate of drug-likeness (QED) is 0.789. The Balaban J connectivity index is 1.78. The molecular formula is C18H36N2. The van der Waals surface area contributed by atoms with E-state index in [9.17, 15) is 0 Å². The van der Waals surface area contributed by atoms with Crippen LogP contribution >= 0.6 is 0 Å². The normalized spacial score (nSPS) is 30.0. The number of rotatable bonds is 6. The van der Waals surface area contributed by atoms with Crippen molar-refractivity contribution in [1.82, 2.24) is 10.2 Å². The molecule has 20 heavy (non-hydrogen) atoms. The number of hydrogen-bond acceptors (Lipinski definition) is 2. The molecule has 2 fully saturated rings. The molecule has 2 heteroatoms. The maximum absolute atomic E-state index is 3.92. The maximum atomic E-state index is 3.92. The van der Waals surface area contributed by atoms with Crippen molar-refractivity contribution in [3.8, 4) is 0 Å². The third-order valence-electron chi connectivity index (χ3n) is 5.41. The van der Waals surface area contributed by atoms with Crippen molar-refractivity contribution in [2.75, 3.05) is 19.6 Å². The number of nitrogens with one attached hydrogen (secondary N) is 1. The van der Waals surface area contributed by atoms with Crippen LogP contribution in [0.4, 0.5) is 0 Å². The van der Waals surface area contributed by atoms with Crippen LogP contribution in [-0.4, -0.2) is 36.6 Å². The van der Waals surface area contributed by atoms with E-state index in [-0.39, 0.29) is 0 Å².